The van der Waals surface area contributed by atoms with E-state index in [0.29, 0.717) is 0 Å². The van der Waals surface area contributed by atoms with Crippen LogP contribution in [0.15, 0.2) is 24.3 Å². The molecule has 0 fully saturated rings. The third-order valence-electron chi connectivity index (χ3n) is 3.95. The predicted molar refractivity (Wildman–Crippen MR) is 87.6 cm³/mol. The maximum absolute atomic E-state index is 3.57. The number of nitrogens with one attached hydrogen (secondary N) is 1. The number of para-hydroxylation sites is 1. The van der Waals surface area contributed by atoms with Crippen LogP contribution in [0.25, 0.3) is 0 Å². The van der Waals surface area contributed by atoms with Gasteiger partial charge in [0.2, 0.25) is 0 Å². The van der Waals surface area contributed by atoms with Gasteiger partial charge in [-0.05, 0) is 57.6 Å². The Morgan fingerprint density at radius 2 is 2.05 bits per heavy atom. The maximum atomic E-state index is 3.57. The van der Waals surface area contributed by atoms with Crippen molar-refractivity contribution in [3.05, 3.63) is 29.8 Å². The first kappa shape index (κ1) is 15.3. The van der Waals surface area contributed by atoms with E-state index in [1.54, 1.807) is 0 Å². The highest BCUT2D eigenvalue weighted by molar-refractivity contribution is 5.55. The number of fused-ring (bicyclic) bond motifs is 1. The number of rotatable bonds is 7. The molecule has 0 aromatic heterocycles. The zero-order valence-corrected chi connectivity index (χ0v) is 13.2. The van der Waals surface area contributed by atoms with E-state index in [1.807, 2.05) is 0 Å². The molecular weight excluding hydrogens is 246 g/mol. The quantitative estimate of drug-likeness (QED) is 0.770. The molecule has 0 spiro atoms. The van der Waals surface area contributed by atoms with Gasteiger partial charge in [0.15, 0.2) is 0 Å². The van der Waals surface area contributed by atoms with Crippen LogP contribution in [0.2, 0.25) is 0 Å². The van der Waals surface area contributed by atoms with E-state index < -0.39 is 0 Å². The summed E-state index contributed by atoms with van der Waals surface area (Å²) < 4.78 is 0. The van der Waals surface area contributed by atoms with Gasteiger partial charge in [0.1, 0.15) is 0 Å². The van der Waals surface area contributed by atoms with Crippen LogP contribution in [-0.2, 0) is 6.42 Å². The molecule has 0 saturated heterocycles. The zero-order valence-electron chi connectivity index (χ0n) is 13.2. The smallest absolute Gasteiger partial charge is 0.0399 e. The van der Waals surface area contributed by atoms with Crippen molar-refractivity contribution in [3.8, 4) is 0 Å². The van der Waals surface area contributed by atoms with Crippen molar-refractivity contribution in [1.82, 2.24) is 10.2 Å². The molecule has 1 aromatic rings. The van der Waals surface area contributed by atoms with E-state index in [4.69, 9.17) is 0 Å². The van der Waals surface area contributed by atoms with Crippen LogP contribution in [0, 0.1) is 5.92 Å². The second-order valence-electron chi connectivity index (χ2n) is 6.29. The predicted octanol–water partition coefficient (Wildman–Crippen LogP) is 2.23. The summed E-state index contributed by atoms with van der Waals surface area (Å²) in [5.41, 5.74) is 2.96. The maximum Gasteiger partial charge on any atom is 0.0399 e. The fourth-order valence-corrected chi connectivity index (χ4v) is 2.98. The van der Waals surface area contributed by atoms with Crippen LogP contribution < -0.4 is 10.2 Å². The molecule has 0 saturated carbocycles. The third-order valence-corrected chi connectivity index (χ3v) is 3.95. The zero-order chi connectivity index (χ0) is 14.4. The van der Waals surface area contributed by atoms with E-state index >= 15 is 0 Å². The Labute approximate surface area is 124 Å². The van der Waals surface area contributed by atoms with Gasteiger partial charge in [-0.15, -0.1) is 0 Å². The SMILES string of the molecule is CC1Cc2ccccc2N(CCNCCCN(C)C)C1. The number of benzene rings is 1. The van der Waals surface area contributed by atoms with Crippen LogP contribution >= 0.6 is 0 Å². The van der Waals surface area contributed by atoms with Gasteiger partial charge in [-0.1, -0.05) is 25.1 Å². The van der Waals surface area contributed by atoms with Gasteiger partial charge in [-0.3, -0.25) is 0 Å². The van der Waals surface area contributed by atoms with Gasteiger partial charge >= 0.3 is 0 Å². The topological polar surface area (TPSA) is 18.5 Å². The van der Waals surface area contributed by atoms with Gasteiger partial charge in [-0.2, -0.15) is 0 Å². The highest BCUT2D eigenvalue weighted by Gasteiger charge is 2.20. The number of nitrogens with zero attached hydrogens (tertiary/aromatic N) is 2. The molecular formula is C17H29N3. The summed E-state index contributed by atoms with van der Waals surface area (Å²) in [4.78, 5) is 4.78. The lowest BCUT2D eigenvalue weighted by molar-refractivity contribution is 0.394. The van der Waals surface area contributed by atoms with Crippen LogP contribution in [-0.4, -0.2) is 51.7 Å². The summed E-state index contributed by atoms with van der Waals surface area (Å²) in [6, 6.07) is 8.87. The standard InChI is InChI=1S/C17H29N3/c1-15-13-16-7-4-5-8-17(16)20(14-15)12-10-18-9-6-11-19(2)3/h4-5,7-8,15,18H,6,9-14H2,1-3H3. The third kappa shape index (κ3) is 4.50. The van der Waals surface area contributed by atoms with Crippen molar-refractivity contribution in [2.75, 3.05) is 51.7 Å². The van der Waals surface area contributed by atoms with E-state index in [0.717, 1.165) is 32.1 Å². The van der Waals surface area contributed by atoms with Gasteiger partial charge in [-0.25, -0.2) is 0 Å². The monoisotopic (exact) mass is 275 g/mol. The van der Waals surface area contributed by atoms with Crippen LogP contribution in [0.5, 0.6) is 0 Å². The van der Waals surface area contributed by atoms with Gasteiger partial charge in [0, 0.05) is 25.3 Å². The minimum atomic E-state index is 0.763. The molecule has 1 heterocycles. The molecule has 1 N–H and O–H groups in total. The molecule has 3 heteroatoms. The molecule has 3 nitrogen and oxygen atoms in total. The summed E-state index contributed by atoms with van der Waals surface area (Å²) in [7, 11) is 4.26. The molecule has 0 bridgehead atoms. The minimum absolute atomic E-state index is 0.763. The average molecular weight is 275 g/mol. The molecule has 0 amide bonds. The Morgan fingerprint density at radius 1 is 1.25 bits per heavy atom. The summed E-state index contributed by atoms with van der Waals surface area (Å²) in [5.74, 6) is 0.763. The molecule has 20 heavy (non-hydrogen) atoms. The van der Waals surface area contributed by atoms with E-state index in [9.17, 15) is 0 Å². The number of anilines is 1. The Morgan fingerprint density at radius 3 is 2.85 bits per heavy atom. The lowest BCUT2D eigenvalue weighted by atomic mass is 9.94. The van der Waals surface area contributed by atoms with Gasteiger partial charge in [0.25, 0.3) is 0 Å². The Hall–Kier alpha value is -1.06. The highest BCUT2D eigenvalue weighted by atomic mass is 15.2. The van der Waals surface area contributed by atoms with Crippen molar-refractivity contribution in [2.45, 2.75) is 19.8 Å². The van der Waals surface area contributed by atoms with Crippen molar-refractivity contribution >= 4 is 5.69 Å². The summed E-state index contributed by atoms with van der Waals surface area (Å²) in [5, 5.41) is 3.57. The van der Waals surface area contributed by atoms with Crippen molar-refractivity contribution in [2.24, 2.45) is 5.92 Å². The molecule has 1 aliphatic heterocycles. The average Bonchev–Trinajstić information content (AvgIpc) is 2.42. The van der Waals surface area contributed by atoms with Crippen molar-refractivity contribution in [1.29, 1.82) is 0 Å². The molecule has 112 valence electrons. The largest absolute Gasteiger partial charge is 0.370 e. The fourth-order valence-electron chi connectivity index (χ4n) is 2.98. The lowest BCUT2D eigenvalue weighted by Crippen LogP contribution is -2.39. The molecule has 1 unspecified atom stereocenters. The second-order valence-corrected chi connectivity index (χ2v) is 6.29. The van der Waals surface area contributed by atoms with E-state index in [-0.39, 0.29) is 0 Å². The van der Waals surface area contributed by atoms with Crippen LogP contribution in [0.1, 0.15) is 18.9 Å². The Kier molecular flexibility index (Phi) is 5.86. The first-order valence-electron chi connectivity index (χ1n) is 7.85. The minimum Gasteiger partial charge on any atom is -0.370 e. The second kappa shape index (κ2) is 7.65. The lowest BCUT2D eigenvalue weighted by Gasteiger charge is -2.35. The van der Waals surface area contributed by atoms with Crippen molar-refractivity contribution in [3.63, 3.8) is 0 Å². The normalized spacial score (nSPS) is 18.4. The fraction of sp³-hybridized carbons (Fsp3) is 0.647. The Bertz CT molecular complexity index is 403. The Balaban J connectivity index is 1.76. The summed E-state index contributed by atoms with van der Waals surface area (Å²) >= 11 is 0. The number of hydrogen-bond donors (Lipinski definition) is 1. The summed E-state index contributed by atoms with van der Waals surface area (Å²) in [6.07, 6.45) is 2.45. The molecule has 0 aliphatic carbocycles. The van der Waals surface area contributed by atoms with Crippen molar-refractivity contribution < 1.29 is 0 Å². The van der Waals surface area contributed by atoms with Crippen LogP contribution in [0.4, 0.5) is 5.69 Å². The van der Waals surface area contributed by atoms with Crippen LogP contribution in [0.3, 0.4) is 0 Å². The van der Waals surface area contributed by atoms with Gasteiger partial charge in [0.05, 0.1) is 0 Å². The molecule has 0 radical (unpaired) electrons. The summed E-state index contributed by atoms with van der Waals surface area (Å²) in [6.45, 7) is 8.02. The molecule has 1 atom stereocenters. The molecule has 1 aromatic carbocycles. The first-order chi connectivity index (χ1) is 9.66. The van der Waals surface area contributed by atoms with E-state index in [1.165, 1.54) is 30.6 Å². The highest BCUT2D eigenvalue weighted by Crippen LogP contribution is 2.28. The first-order valence-corrected chi connectivity index (χ1v) is 7.85. The number of hydrogen-bond acceptors (Lipinski definition) is 3. The molecule has 2 rings (SSSR count). The van der Waals surface area contributed by atoms with E-state index in [2.05, 4.69) is 60.4 Å². The molecule has 1 aliphatic rings. The van der Waals surface area contributed by atoms with Gasteiger partial charge < -0.3 is 15.1 Å².